The van der Waals surface area contributed by atoms with E-state index in [0.29, 0.717) is 35.3 Å². The van der Waals surface area contributed by atoms with Crippen molar-refractivity contribution in [3.8, 4) is 5.75 Å². The zero-order valence-corrected chi connectivity index (χ0v) is 22.0. The summed E-state index contributed by atoms with van der Waals surface area (Å²) in [6.45, 7) is 32.5. The van der Waals surface area contributed by atoms with Crippen molar-refractivity contribution in [3.05, 3.63) is 28.8 Å². The van der Waals surface area contributed by atoms with Crippen LogP contribution >= 0.6 is 0 Å². The lowest BCUT2D eigenvalue weighted by Gasteiger charge is -2.52. The summed E-state index contributed by atoms with van der Waals surface area (Å²) >= 11 is 0. The smallest absolute Gasteiger partial charge is 0.123 e. The fourth-order valence-electron chi connectivity index (χ4n) is 6.20. The molecule has 1 N–H and O–H groups in total. The van der Waals surface area contributed by atoms with E-state index < -0.39 is 0 Å². The second-order valence-electron chi connectivity index (χ2n) is 12.7. The molecule has 0 aliphatic heterocycles. The number of hydrogen-bond acceptors (Lipinski definition) is 1. The average Bonchev–Trinajstić information content (AvgIpc) is 2.48. The number of hydrogen-bond donors (Lipinski definition) is 1. The Kier molecular flexibility index (Phi) is 7.76. The van der Waals surface area contributed by atoms with E-state index in [1.165, 1.54) is 5.56 Å². The molecule has 1 rings (SSSR count). The van der Waals surface area contributed by atoms with Crippen LogP contribution < -0.4 is 0 Å². The Bertz CT molecular complexity index is 626. The van der Waals surface area contributed by atoms with E-state index in [1.54, 1.807) is 0 Å². The van der Waals surface area contributed by atoms with Crippen LogP contribution in [0.25, 0.3) is 0 Å². The van der Waals surface area contributed by atoms with Crippen LogP contribution in [0.2, 0.25) is 0 Å². The van der Waals surface area contributed by atoms with Crippen LogP contribution in [0.1, 0.15) is 114 Å². The van der Waals surface area contributed by atoms with Crippen molar-refractivity contribution < 1.29 is 5.11 Å². The van der Waals surface area contributed by atoms with Crippen molar-refractivity contribution >= 4 is 0 Å². The van der Waals surface area contributed by atoms with Gasteiger partial charge in [0.15, 0.2) is 0 Å². The van der Waals surface area contributed by atoms with Crippen LogP contribution in [0, 0.1) is 29.6 Å². The number of phenols is 1. The molecule has 0 heterocycles. The Labute approximate surface area is 182 Å². The van der Waals surface area contributed by atoms with Gasteiger partial charge >= 0.3 is 0 Å². The molecule has 1 aromatic carbocycles. The minimum Gasteiger partial charge on any atom is -0.507 e. The highest BCUT2D eigenvalue weighted by Gasteiger charge is 2.48. The average molecular weight is 403 g/mol. The molecule has 0 aliphatic rings. The van der Waals surface area contributed by atoms with Gasteiger partial charge in [-0.05, 0) is 57.1 Å². The molecule has 0 radical (unpaired) electrons. The fourth-order valence-corrected chi connectivity index (χ4v) is 6.20. The Morgan fingerprint density at radius 2 is 0.931 bits per heavy atom. The van der Waals surface area contributed by atoms with E-state index in [0.717, 1.165) is 11.1 Å². The minimum atomic E-state index is -0.106. The predicted octanol–water partition coefficient (Wildman–Crippen LogP) is 8.47. The van der Waals surface area contributed by atoms with E-state index in [4.69, 9.17) is 0 Å². The van der Waals surface area contributed by atoms with Crippen molar-refractivity contribution in [2.24, 2.45) is 29.6 Å². The Hall–Kier alpha value is -0.980. The summed E-state index contributed by atoms with van der Waals surface area (Å²) in [6, 6.07) is 4.70. The van der Waals surface area contributed by atoms with Crippen molar-refractivity contribution in [1.29, 1.82) is 0 Å². The molecule has 0 aromatic heterocycles. The lowest BCUT2D eigenvalue weighted by molar-refractivity contribution is 0.0553. The van der Waals surface area contributed by atoms with Crippen LogP contribution in [-0.2, 0) is 16.2 Å². The number of phenolic OH excluding ortho intramolecular Hbond substituents is 1. The summed E-state index contributed by atoms with van der Waals surface area (Å²) in [7, 11) is 0. The molecule has 168 valence electrons. The Morgan fingerprint density at radius 3 is 1.14 bits per heavy atom. The Morgan fingerprint density at radius 1 is 0.621 bits per heavy atom. The van der Waals surface area contributed by atoms with Gasteiger partial charge < -0.3 is 5.11 Å². The SMILES string of the molecule is CC(C)C(C(C)C)C(c1cc(C(C)(C)C)c(O)c(C(C)(C)C)c1)(C(C)C)C(C)C. The van der Waals surface area contributed by atoms with Crippen LogP contribution in [-0.4, -0.2) is 5.11 Å². The zero-order chi connectivity index (χ0) is 23.1. The normalized spacial score (nSPS) is 14.2. The van der Waals surface area contributed by atoms with Crippen LogP contribution in [0.3, 0.4) is 0 Å². The molecule has 0 aliphatic carbocycles. The lowest BCUT2D eigenvalue weighted by Crippen LogP contribution is -2.49. The van der Waals surface area contributed by atoms with Gasteiger partial charge in [0.05, 0.1) is 0 Å². The number of rotatable bonds is 6. The largest absolute Gasteiger partial charge is 0.507 e. The summed E-state index contributed by atoms with van der Waals surface area (Å²) in [6.07, 6.45) is 0. The lowest BCUT2D eigenvalue weighted by atomic mass is 9.52. The highest BCUT2D eigenvalue weighted by molar-refractivity contribution is 5.52. The third-order valence-electron chi connectivity index (χ3n) is 7.12. The maximum absolute atomic E-state index is 11.3. The highest BCUT2D eigenvalue weighted by Crippen LogP contribution is 2.53. The first-order valence-corrected chi connectivity index (χ1v) is 11.8. The van der Waals surface area contributed by atoms with Crippen LogP contribution in [0.15, 0.2) is 12.1 Å². The molecule has 0 atom stereocenters. The fraction of sp³-hybridized carbons (Fsp3) is 0.786. The summed E-state index contributed by atoms with van der Waals surface area (Å²) in [5.41, 5.74) is 3.42. The second-order valence-corrected chi connectivity index (χ2v) is 12.7. The molecule has 29 heavy (non-hydrogen) atoms. The first-order valence-electron chi connectivity index (χ1n) is 11.8. The maximum Gasteiger partial charge on any atom is 0.123 e. The molecule has 0 bridgehead atoms. The molecule has 1 heteroatoms. The van der Waals surface area contributed by atoms with Crippen LogP contribution in [0.4, 0.5) is 0 Å². The van der Waals surface area contributed by atoms with Gasteiger partial charge in [-0.2, -0.15) is 0 Å². The molecule has 0 spiro atoms. The van der Waals surface area contributed by atoms with Crippen LogP contribution in [0.5, 0.6) is 5.75 Å². The molecule has 1 aromatic rings. The van der Waals surface area contributed by atoms with Gasteiger partial charge in [0.2, 0.25) is 0 Å². The van der Waals surface area contributed by atoms with E-state index >= 15 is 0 Å². The standard InChI is InChI=1S/C28H50O/c1-17(2)24(18(3)4)28(19(5)6,20(7)8)21-15-22(26(9,10)11)25(29)23(16-21)27(12,13)14/h15-20,24,29H,1-14H3. The summed E-state index contributed by atoms with van der Waals surface area (Å²) in [5.74, 6) is 3.23. The van der Waals surface area contributed by atoms with Gasteiger partial charge in [0.25, 0.3) is 0 Å². The van der Waals surface area contributed by atoms with Crippen molar-refractivity contribution in [2.45, 2.75) is 113 Å². The number of benzene rings is 1. The van der Waals surface area contributed by atoms with E-state index in [9.17, 15) is 5.11 Å². The topological polar surface area (TPSA) is 20.2 Å². The summed E-state index contributed by atoms with van der Waals surface area (Å²) in [5, 5.41) is 11.3. The monoisotopic (exact) mass is 402 g/mol. The minimum absolute atomic E-state index is 0.0516. The van der Waals surface area contributed by atoms with Gasteiger partial charge in [0.1, 0.15) is 5.75 Å². The molecule has 1 nitrogen and oxygen atoms in total. The maximum atomic E-state index is 11.3. The zero-order valence-electron chi connectivity index (χ0n) is 22.0. The molecular weight excluding hydrogens is 352 g/mol. The summed E-state index contributed by atoms with van der Waals surface area (Å²) < 4.78 is 0. The molecule has 0 amide bonds. The van der Waals surface area contributed by atoms with E-state index in [2.05, 4.69) is 109 Å². The van der Waals surface area contributed by atoms with Gasteiger partial charge in [-0.15, -0.1) is 0 Å². The third-order valence-corrected chi connectivity index (χ3v) is 7.12. The molecule has 0 saturated heterocycles. The van der Waals surface area contributed by atoms with Gasteiger partial charge in [-0.25, -0.2) is 0 Å². The van der Waals surface area contributed by atoms with Gasteiger partial charge in [-0.1, -0.05) is 109 Å². The third kappa shape index (κ3) is 4.86. The first-order chi connectivity index (χ1) is 12.9. The van der Waals surface area contributed by atoms with E-state index in [1.807, 2.05) is 0 Å². The quantitative estimate of drug-likeness (QED) is 0.506. The second kappa shape index (κ2) is 8.64. The van der Waals surface area contributed by atoms with Gasteiger partial charge in [-0.3, -0.25) is 0 Å². The first kappa shape index (κ1) is 26.1. The highest BCUT2D eigenvalue weighted by atomic mass is 16.3. The molecular formula is C28H50O. The molecule has 0 fully saturated rings. The van der Waals surface area contributed by atoms with Crippen molar-refractivity contribution in [1.82, 2.24) is 0 Å². The van der Waals surface area contributed by atoms with Crippen molar-refractivity contribution in [3.63, 3.8) is 0 Å². The van der Waals surface area contributed by atoms with Crippen molar-refractivity contribution in [2.75, 3.05) is 0 Å². The van der Waals surface area contributed by atoms with Gasteiger partial charge in [0, 0.05) is 5.41 Å². The molecule has 0 saturated carbocycles. The summed E-state index contributed by atoms with van der Waals surface area (Å²) in [4.78, 5) is 0. The number of aromatic hydroxyl groups is 1. The molecule has 0 unspecified atom stereocenters. The predicted molar refractivity (Wildman–Crippen MR) is 130 cm³/mol. The van der Waals surface area contributed by atoms with E-state index in [-0.39, 0.29) is 16.2 Å². The Balaban J connectivity index is 4.15.